The van der Waals surface area contributed by atoms with Crippen molar-refractivity contribution in [3.63, 3.8) is 0 Å². The summed E-state index contributed by atoms with van der Waals surface area (Å²) < 4.78 is 7.67. The Kier molecular flexibility index (Phi) is 4.52. The van der Waals surface area contributed by atoms with Crippen LogP contribution in [0.1, 0.15) is 12.8 Å². The lowest BCUT2D eigenvalue weighted by Crippen LogP contribution is -2.38. The Hall–Kier alpha value is -2.80. The van der Waals surface area contributed by atoms with E-state index in [4.69, 9.17) is 4.74 Å². The minimum atomic E-state index is -0.0438. The third-order valence-electron chi connectivity index (χ3n) is 5.81. The van der Waals surface area contributed by atoms with E-state index in [1.807, 2.05) is 18.5 Å². The minimum Gasteiger partial charge on any atom is -0.378 e. The van der Waals surface area contributed by atoms with Crippen molar-refractivity contribution < 1.29 is 4.74 Å². The quantitative estimate of drug-likeness (QED) is 0.753. The fourth-order valence-electron chi connectivity index (χ4n) is 4.40. The van der Waals surface area contributed by atoms with E-state index < -0.39 is 0 Å². The van der Waals surface area contributed by atoms with Crippen LogP contribution in [0.15, 0.2) is 47.5 Å². The number of hydrogen-bond donors (Lipinski definition) is 1. The molecule has 4 heterocycles. The van der Waals surface area contributed by atoms with Crippen molar-refractivity contribution in [2.24, 2.45) is 0 Å². The fraction of sp³-hybridized carbons (Fsp3) is 0.429. The van der Waals surface area contributed by atoms with Crippen LogP contribution in [0.3, 0.4) is 0 Å². The summed E-state index contributed by atoms with van der Waals surface area (Å²) in [6.07, 6.45) is 4.16. The van der Waals surface area contributed by atoms with Gasteiger partial charge in [-0.05, 0) is 25.0 Å². The number of morpholine rings is 1. The molecule has 7 nitrogen and oxygen atoms in total. The predicted molar refractivity (Wildman–Crippen MR) is 110 cm³/mol. The van der Waals surface area contributed by atoms with Crippen molar-refractivity contribution in [2.45, 2.75) is 25.4 Å². The molecular formula is C21H25N5O2. The normalized spacial score (nSPS) is 20.2. The highest BCUT2D eigenvalue weighted by Crippen LogP contribution is 2.28. The molecule has 0 radical (unpaired) electrons. The average Bonchev–Trinajstić information content (AvgIpc) is 3.36. The molecule has 0 saturated carbocycles. The van der Waals surface area contributed by atoms with Gasteiger partial charge in [0.25, 0.3) is 5.56 Å². The molecule has 3 aromatic rings. The molecular weight excluding hydrogens is 354 g/mol. The molecule has 0 amide bonds. The molecule has 2 fully saturated rings. The van der Waals surface area contributed by atoms with Gasteiger partial charge in [0.1, 0.15) is 5.82 Å². The molecule has 0 bridgehead atoms. The average molecular weight is 379 g/mol. The maximum atomic E-state index is 12.4. The van der Waals surface area contributed by atoms with Crippen molar-refractivity contribution in [3.05, 3.63) is 53.1 Å². The molecule has 1 unspecified atom stereocenters. The van der Waals surface area contributed by atoms with Crippen LogP contribution in [0.25, 0.3) is 11.0 Å². The van der Waals surface area contributed by atoms with Crippen molar-refractivity contribution >= 4 is 22.5 Å². The largest absolute Gasteiger partial charge is 0.378 e. The van der Waals surface area contributed by atoms with Gasteiger partial charge in [-0.25, -0.2) is 4.98 Å². The molecule has 5 rings (SSSR count). The van der Waals surface area contributed by atoms with E-state index in [-0.39, 0.29) is 5.56 Å². The van der Waals surface area contributed by atoms with Crippen LogP contribution in [0, 0.1) is 0 Å². The van der Waals surface area contributed by atoms with Crippen molar-refractivity contribution in [1.82, 2.24) is 14.5 Å². The first-order valence-electron chi connectivity index (χ1n) is 10.0. The Labute approximate surface area is 163 Å². The van der Waals surface area contributed by atoms with Crippen LogP contribution in [0.2, 0.25) is 0 Å². The topological polar surface area (TPSA) is 66.4 Å². The molecule has 1 N–H and O–H groups in total. The monoisotopic (exact) mass is 379 g/mol. The maximum absolute atomic E-state index is 12.4. The van der Waals surface area contributed by atoms with Crippen molar-refractivity contribution in [3.8, 4) is 0 Å². The molecule has 1 atom stereocenters. The molecule has 0 aliphatic carbocycles. The molecule has 2 aliphatic heterocycles. The Balaban J connectivity index is 1.42. The van der Waals surface area contributed by atoms with Gasteiger partial charge >= 0.3 is 0 Å². The molecule has 0 spiro atoms. The van der Waals surface area contributed by atoms with Crippen LogP contribution in [-0.4, -0.2) is 53.4 Å². The van der Waals surface area contributed by atoms with Crippen LogP contribution in [0.5, 0.6) is 0 Å². The molecule has 7 heteroatoms. The maximum Gasteiger partial charge on any atom is 0.251 e. The van der Waals surface area contributed by atoms with E-state index >= 15 is 0 Å². The van der Waals surface area contributed by atoms with Crippen LogP contribution < -0.4 is 15.4 Å². The number of imidazole rings is 1. The van der Waals surface area contributed by atoms with Gasteiger partial charge in [0.2, 0.25) is 0 Å². The number of rotatable bonds is 4. The number of aromatic amines is 1. The second kappa shape index (κ2) is 7.31. The van der Waals surface area contributed by atoms with Gasteiger partial charge in [0, 0.05) is 50.0 Å². The van der Waals surface area contributed by atoms with Gasteiger partial charge in [-0.2, -0.15) is 0 Å². The molecule has 28 heavy (non-hydrogen) atoms. The summed E-state index contributed by atoms with van der Waals surface area (Å²) in [6, 6.07) is 12.4. The molecule has 146 valence electrons. The van der Waals surface area contributed by atoms with Gasteiger partial charge in [0.15, 0.2) is 0 Å². The van der Waals surface area contributed by atoms with E-state index in [0.29, 0.717) is 19.3 Å². The van der Waals surface area contributed by atoms with Crippen molar-refractivity contribution in [1.29, 1.82) is 0 Å². The number of pyridine rings is 1. The lowest BCUT2D eigenvalue weighted by atomic mass is 10.2. The predicted octanol–water partition coefficient (Wildman–Crippen LogP) is 2.23. The number of para-hydroxylation sites is 2. The zero-order valence-electron chi connectivity index (χ0n) is 15.9. The molecule has 2 aliphatic rings. The second-order valence-electron chi connectivity index (χ2n) is 7.56. The number of nitrogens with one attached hydrogen (secondary N) is 1. The SMILES string of the molecule is O=c1cc(N2CCOCC2)cc(N2CCCC2Cn2cnc3ccccc32)[nH]1. The van der Waals surface area contributed by atoms with Gasteiger partial charge in [-0.3, -0.25) is 4.79 Å². The summed E-state index contributed by atoms with van der Waals surface area (Å²) >= 11 is 0. The van der Waals surface area contributed by atoms with Crippen LogP contribution >= 0.6 is 0 Å². The summed E-state index contributed by atoms with van der Waals surface area (Å²) in [5.74, 6) is 0.918. The molecule has 1 aromatic carbocycles. The zero-order chi connectivity index (χ0) is 18.9. The lowest BCUT2D eigenvalue weighted by molar-refractivity contribution is 0.122. The van der Waals surface area contributed by atoms with Gasteiger partial charge in [-0.1, -0.05) is 12.1 Å². The molecule has 2 saturated heterocycles. The van der Waals surface area contributed by atoms with Gasteiger partial charge in [-0.15, -0.1) is 0 Å². The highest BCUT2D eigenvalue weighted by Gasteiger charge is 2.27. The highest BCUT2D eigenvalue weighted by molar-refractivity contribution is 5.75. The third kappa shape index (κ3) is 3.26. The summed E-state index contributed by atoms with van der Waals surface area (Å²) in [4.78, 5) is 24.5. The van der Waals surface area contributed by atoms with E-state index in [0.717, 1.165) is 61.6 Å². The third-order valence-corrected chi connectivity index (χ3v) is 5.81. The summed E-state index contributed by atoms with van der Waals surface area (Å²) in [7, 11) is 0. The standard InChI is InChI=1S/C21H25N5O2/c27-21-13-17(24-8-10-28-11-9-24)12-20(23-21)26-7-3-4-16(26)14-25-15-22-18-5-1-2-6-19(18)25/h1-2,5-6,12-13,15-16H,3-4,7-11,14H2,(H,23,27). The van der Waals surface area contributed by atoms with Gasteiger partial charge < -0.3 is 24.1 Å². The number of nitrogens with zero attached hydrogens (tertiary/aromatic N) is 4. The number of anilines is 2. The number of aromatic nitrogens is 3. The Bertz CT molecular complexity index is 1020. The second-order valence-corrected chi connectivity index (χ2v) is 7.56. The van der Waals surface area contributed by atoms with E-state index in [1.54, 1.807) is 6.07 Å². The fourth-order valence-corrected chi connectivity index (χ4v) is 4.40. The number of benzene rings is 1. The van der Waals surface area contributed by atoms with E-state index in [2.05, 4.69) is 42.5 Å². The number of hydrogen-bond acceptors (Lipinski definition) is 5. The number of ether oxygens (including phenoxy) is 1. The summed E-state index contributed by atoms with van der Waals surface area (Å²) in [5, 5.41) is 0. The smallest absolute Gasteiger partial charge is 0.251 e. The van der Waals surface area contributed by atoms with Crippen LogP contribution in [0.4, 0.5) is 11.5 Å². The Morgan fingerprint density at radius 1 is 1.14 bits per heavy atom. The van der Waals surface area contributed by atoms with E-state index in [1.165, 1.54) is 0 Å². The van der Waals surface area contributed by atoms with Crippen molar-refractivity contribution in [2.75, 3.05) is 42.6 Å². The van der Waals surface area contributed by atoms with Gasteiger partial charge in [0.05, 0.1) is 30.6 Å². The zero-order valence-corrected chi connectivity index (χ0v) is 15.9. The number of fused-ring (bicyclic) bond motifs is 1. The molecule has 2 aromatic heterocycles. The van der Waals surface area contributed by atoms with E-state index in [9.17, 15) is 4.79 Å². The Morgan fingerprint density at radius 3 is 2.89 bits per heavy atom. The minimum absolute atomic E-state index is 0.0438. The first-order valence-corrected chi connectivity index (χ1v) is 10.0. The lowest BCUT2D eigenvalue weighted by Gasteiger charge is -2.31. The first-order chi connectivity index (χ1) is 13.8. The highest BCUT2D eigenvalue weighted by atomic mass is 16.5. The van der Waals surface area contributed by atoms with Crippen LogP contribution in [-0.2, 0) is 11.3 Å². The first kappa shape index (κ1) is 17.3. The summed E-state index contributed by atoms with van der Waals surface area (Å²) in [6.45, 7) is 4.90. The Morgan fingerprint density at radius 2 is 2.00 bits per heavy atom. The summed E-state index contributed by atoms with van der Waals surface area (Å²) in [5.41, 5.74) is 3.12. The number of H-pyrrole nitrogens is 1.